The van der Waals surface area contributed by atoms with E-state index in [9.17, 15) is 9.59 Å². The van der Waals surface area contributed by atoms with Crippen molar-refractivity contribution < 1.29 is 19.4 Å². The molecule has 0 spiro atoms. The molecule has 5 heteroatoms. The van der Waals surface area contributed by atoms with Crippen LogP contribution in [0, 0.1) is 0 Å². The topological polar surface area (TPSA) is 66.8 Å². The molecule has 1 unspecified atom stereocenters. The molecule has 1 fully saturated rings. The molecule has 0 aromatic carbocycles. The van der Waals surface area contributed by atoms with E-state index in [0.717, 1.165) is 6.42 Å². The zero-order valence-electron chi connectivity index (χ0n) is 9.65. The Morgan fingerprint density at radius 3 is 2.88 bits per heavy atom. The van der Waals surface area contributed by atoms with Crippen LogP contribution in [0.3, 0.4) is 0 Å². The van der Waals surface area contributed by atoms with E-state index in [1.165, 1.54) is 0 Å². The molecule has 0 aromatic rings. The van der Waals surface area contributed by atoms with Gasteiger partial charge in [0.15, 0.2) is 0 Å². The minimum absolute atomic E-state index is 0.00362. The number of hydrogen-bond donors (Lipinski definition) is 1. The van der Waals surface area contributed by atoms with Gasteiger partial charge in [-0.1, -0.05) is 0 Å². The summed E-state index contributed by atoms with van der Waals surface area (Å²) < 4.78 is 4.93. The van der Waals surface area contributed by atoms with Gasteiger partial charge in [0, 0.05) is 19.6 Å². The van der Waals surface area contributed by atoms with Crippen LogP contribution in [0.15, 0.2) is 0 Å². The minimum Gasteiger partial charge on any atom is -0.464 e. The van der Waals surface area contributed by atoms with Gasteiger partial charge in [0.2, 0.25) is 5.91 Å². The van der Waals surface area contributed by atoms with Crippen LogP contribution in [-0.2, 0) is 14.3 Å². The summed E-state index contributed by atoms with van der Waals surface area (Å²) in [6.07, 6.45) is 2.27. The molecule has 1 atom stereocenters. The number of amides is 1. The summed E-state index contributed by atoms with van der Waals surface area (Å²) in [5.74, 6) is -0.373. The third-order valence-electron chi connectivity index (χ3n) is 2.68. The number of hydrogen-bond acceptors (Lipinski definition) is 4. The van der Waals surface area contributed by atoms with E-state index in [2.05, 4.69) is 0 Å². The van der Waals surface area contributed by atoms with Crippen LogP contribution in [0.4, 0.5) is 0 Å². The largest absolute Gasteiger partial charge is 0.464 e. The number of likely N-dealkylation sites (tertiary alicyclic amines) is 1. The Morgan fingerprint density at radius 1 is 1.50 bits per heavy atom. The van der Waals surface area contributed by atoms with Crippen molar-refractivity contribution in [1.29, 1.82) is 0 Å². The number of carbonyl (C=O) groups is 2. The molecule has 1 N–H and O–H groups in total. The Kier molecular flexibility index (Phi) is 5.25. The monoisotopic (exact) mass is 229 g/mol. The molecule has 0 saturated carbocycles. The summed E-state index contributed by atoms with van der Waals surface area (Å²) in [4.78, 5) is 24.9. The molecule has 5 nitrogen and oxygen atoms in total. The Hall–Kier alpha value is -1.10. The van der Waals surface area contributed by atoms with Crippen molar-refractivity contribution in [2.75, 3.05) is 19.8 Å². The summed E-state index contributed by atoms with van der Waals surface area (Å²) in [6, 6.07) is -0.411. The van der Waals surface area contributed by atoms with Gasteiger partial charge in [-0.15, -0.1) is 0 Å². The maximum atomic E-state index is 11.7. The molecule has 1 saturated heterocycles. The van der Waals surface area contributed by atoms with E-state index in [-0.39, 0.29) is 18.5 Å². The van der Waals surface area contributed by atoms with E-state index in [1.807, 2.05) is 0 Å². The first-order valence-corrected chi connectivity index (χ1v) is 5.77. The van der Waals surface area contributed by atoms with Crippen molar-refractivity contribution in [1.82, 2.24) is 4.90 Å². The minimum atomic E-state index is -0.411. The molecule has 1 heterocycles. The number of carbonyl (C=O) groups excluding carboxylic acids is 2. The SMILES string of the molecule is CCOC(=O)C1CCCN1C(=O)CCCO. The highest BCUT2D eigenvalue weighted by Gasteiger charge is 2.34. The standard InChI is InChI=1S/C11H19NO4/c1-2-16-11(15)9-5-3-7-12(9)10(14)6-4-8-13/h9,13H,2-8H2,1H3. The molecule has 1 amide bonds. The van der Waals surface area contributed by atoms with Crippen LogP contribution >= 0.6 is 0 Å². The van der Waals surface area contributed by atoms with Gasteiger partial charge < -0.3 is 14.7 Å². The van der Waals surface area contributed by atoms with Crippen LogP contribution in [0.1, 0.15) is 32.6 Å². The summed E-state index contributed by atoms with van der Waals surface area (Å²) in [6.45, 7) is 2.72. The molecule has 0 bridgehead atoms. The zero-order valence-corrected chi connectivity index (χ0v) is 9.65. The lowest BCUT2D eigenvalue weighted by molar-refractivity contribution is -0.153. The van der Waals surface area contributed by atoms with Crippen LogP contribution in [0.5, 0.6) is 0 Å². The molecule has 92 valence electrons. The number of nitrogens with zero attached hydrogens (tertiary/aromatic N) is 1. The number of aliphatic hydroxyl groups is 1. The first-order chi connectivity index (χ1) is 7.70. The van der Waals surface area contributed by atoms with Gasteiger partial charge in [-0.3, -0.25) is 4.79 Å². The van der Waals surface area contributed by atoms with Gasteiger partial charge in [-0.2, -0.15) is 0 Å². The van der Waals surface area contributed by atoms with E-state index >= 15 is 0 Å². The van der Waals surface area contributed by atoms with Gasteiger partial charge in [-0.25, -0.2) is 4.79 Å². The van der Waals surface area contributed by atoms with E-state index in [0.29, 0.717) is 32.4 Å². The van der Waals surface area contributed by atoms with Crippen molar-refractivity contribution in [2.45, 2.75) is 38.6 Å². The molecule has 0 aliphatic carbocycles. The third kappa shape index (κ3) is 3.20. The van der Waals surface area contributed by atoms with Crippen molar-refractivity contribution >= 4 is 11.9 Å². The normalized spacial score (nSPS) is 19.9. The molecular formula is C11H19NO4. The molecule has 16 heavy (non-hydrogen) atoms. The Labute approximate surface area is 95.4 Å². The second-order valence-corrected chi connectivity index (χ2v) is 3.82. The fourth-order valence-electron chi connectivity index (χ4n) is 1.92. The lowest BCUT2D eigenvalue weighted by atomic mass is 10.2. The lowest BCUT2D eigenvalue weighted by Gasteiger charge is -2.22. The third-order valence-corrected chi connectivity index (χ3v) is 2.68. The molecule has 1 aliphatic heterocycles. The van der Waals surface area contributed by atoms with Crippen LogP contribution in [-0.4, -0.2) is 47.7 Å². The highest BCUT2D eigenvalue weighted by molar-refractivity contribution is 5.85. The van der Waals surface area contributed by atoms with Gasteiger partial charge in [0.25, 0.3) is 0 Å². The van der Waals surface area contributed by atoms with Gasteiger partial charge >= 0.3 is 5.97 Å². The Bertz CT molecular complexity index is 254. The predicted octanol–water partition coefficient (Wildman–Crippen LogP) is 0.313. The van der Waals surface area contributed by atoms with Crippen molar-refractivity contribution in [2.24, 2.45) is 0 Å². The first-order valence-electron chi connectivity index (χ1n) is 5.77. The molecule has 0 radical (unpaired) electrons. The fourth-order valence-corrected chi connectivity index (χ4v) is 1.92. The Morgan fingerprint density at radius 2 is 2.25 bits per heavy atom. The summed E-state index contributed by atoms with van der Waals surface area (Å²) >= 11 is 0. The summed E-state index contributed by atoms with van der Waals surface area (Å²) in [5, 5.41) is 8.65. The number of aliphatic hydroxyl groups excluding tert-OH is 1. The predicted molar refractivity (Wildman–Crippen MR) is 57.7 cm³/mol. The molecule has 1 aliphatic rings. The van der Waals surface area contributed by atoms with Gasteiger partial charge in [0.1, 0.15) is 6.04 Å². The fraction of sp³-hybridized carbons (Fsp3) is 0.818. The highest BCUT2D eigenvalue weighted by atomic mass is 16.5. The zero-order chi connectivity index (χ0) is 12.0. The van der Waals surface area contributed by atoms with Crippen molar-refractivity contribution in [3.8, 4) is 0 Å². The smallest absolute Gasteiger partial charge is 0.328 e. The van der Waals surface area contributed by atoms with Gasteiger partial charge in [0.05, 0.1) is 6.61 Å². The second kappa shape index (κ2) is 6.48. The van der Waals surface area contributed by atoms with Crippen LogP contribution in [0.25, 0.3) is 0 Å². The number of rotatable bonds is 5. The van der Waals surface area contributed by atoms with E-state index < -0.39 is 6.04 Å². The lowest BCUT2D eigenvalue weighted by Crippen LogP contribution is -2.41. The van der Waals surface area contributed by atoms with Crippen molar-refractivity contribution in [3.63, 3.8) is 0 Å². The maximum absolute atomic E-state index is 11.7. The second-order valence-electron chi connectivity index (χ2n) is 3.82. The summed E-state index contributed by atoms with van der Waals surface area (Å²) in [5.41, 5.74) is 0. The molecule has 0 aromatic heterocycles. The Balaban J connectivity index is 2.51. The first kappa shape index (κ1) is 13.0. The molecular weight excluding hydrogens is 210 g/mol. The van der Waals surface area contributed by atoms with Crippen molar-refractivity contribution in [3.05, 3.63) is 0 Å². The van der Waals surface area contributed by atoms with Crippen LogP contribution in [0.2, 0.25) is 0 Å². The highest BCUT2D eigenvalue weighted by Crippen LogP contribution is 2.19. The van der Waals surface area contributed by atoms with Crippen LogP contribution < -0.4 is 0 Å². The number of ether oxygens (including phenoxy) is 1. The van der Waals surface area contributed by atoms with Gasteiger partial charge in [-0.05, 0) is 26.2 Å². The number of esters is 1. The average molecular weight is 229 g/mol. The maximum Gasteiger partial charge on any atom is 0.328 e. The molecule has 1 rings (SSSR count). The quantitative estimate of drug-likeness (QED) is 0.689. The summed E-state index contributed by atoms with van der Waals surface area (Å²) in [7, 11) is 0. The van der Waals surface area contributed by atoms with E-state index in [4.69, 9.17) is 9.84 Å². The average Bonchev–Trinajstić information content (AvgIpc) is 2.75. The van der Waals surface area contributed by atoms with E-state index in [1.54, 1.807) is 11.8 Å².